The maximum Gasteiger partial charge on any atom is 0.278 e. The van der Waals surface area contributed by atoms with Crippen molar-refractivity contribution in [3.05, 3.63) is 40.6 Å². The number of hydrogen-bond acceptors (Lipinski definition) is 8. The highest BCUT2D eigenvalue weighted by molar-refractivity contribution is 7.92. The van der Waals surface area contributed by atoms with E-state index in [1.807, 2.05) is 13.8 Å². The highest BCUT2D eigenvalue weighted by Gasteiger charge is 2.68. The maximum absolute atomic E-state index is 15.3. The highest BCUT2D eigenvalue weighted by Crippen LogP contribution is 2.63. The average Bonchev–Trinajstić information content (AvgIpc) is 3.52. The number of sulfonamides is 1. The molecule has 3 atom stereocenters. The second-order valence-corrected chi connectivity index (χ2v) is 15.2. The van der Waals surface area contributed by atoms with Crippen LogP contribution >= 0.6 is 0 Å². The molecule has 2 aromatic heterocycles. The van der Waals surface area contributed by atoms with E-state index < -0.39 is 45.1 Å². The Kier molecular flexibility index (Phi) is 8.34. The van der Waals surface area contributed by atoms with Crippen LogP contribution in [0.1, 0.15) is 64.8 Å². The van der Waals surface area contributed by atoms with Crippen LogP contribution in [0.3, 0.4) is 0 Å². The standard InChI is InChI=1S/C31H40F3N7O3S/c1-17(2)41-28-26(15-35-30(38-28)36-20-7-9-21(10-8-20)40(3)4)37-27(29(41)42)19-6-12-25(24(32)14-19)39-45(43,44)16-18-5-11-22-23(13-18)31(22,33)34/h6,12,14-15,17-18,20-23,39H,5,7-11,13,16H2,1-4H3,(H,35,36,38)/t18?,20-,21-,22?,23?. The third-order valence-corrected chi connectivity index (χ3v) is 11.2. The van der Waals surface area contributed by atoms with Gasteiger partial charge in [0.25, 0.3) is 11.5 Å². The fourth-order valence-corrected chi connectivity index (χ4v) is 8.65. The Morgan fingerprint density at radius 1 is 1.07 bits per heavy atom. The van der Waals surface area contributed by atoms with Crippen molar-refractivity contribution in [2.45, 2.75) is 82.8 Å². The van der Waals surface area contributed by atoms with Crippen LogP contribution in [0.2, 0.25) is 0 Å². The van der Waals surface area contributed by atoms with Crippen LogP contribution in [-0.4, -0.2) is 70.7 Å². The van der Waals surface area contributed by atoms with Crippen LogP contribution in [0, 0.1) is 23.6 Å². The lowest BCUT2D eigenvalue weighted by atomic mass is 9.91. The summed E-state index contributed by atoms with van der Waals surface area (Å²) in [6.07, 6.45) is 6.49. The topological polar surface area (TPSA) is 122 Å². The van der Waals surface area contributed by atoms with Crippen molar-refractivity contribution in [3.63, 3.8) is 0 Å². The summed E-state index contributed by atoms with van der Waals surface area (Å²) < 4.78 is 72.2. The molecule has 2 heterocycles. The van der Waals surface area contributed by atoms with Gasteiger partial charge in [0.2, 0.25) is 16.0 Å². The first-order valence-corrected chi connectivity index (χ1v) is 17.3. The number of benzene rings is 1. The zero-order chi connectivity index (χ0) is 32.3. The summed E-state index contributed by atoms with van der Waals surface area (Å²) in [6.45, 7) is 3.69. The molecule has 3 fully saturated rings. The van der Waals surface area contributed by atoms with Gasteiger partial charge in [-0.15, -0.1) is 0 Å². The Bertz CT molecular complexity index is 1760. The Balaban J connectivity index is 1.20. The monoisotopic (exact) mass is 647 g/mol. The molecule has 0 radical (unpaired) electrons. The van der Waals surface area contributed by atoms with Crippen LogP contribution in [0.25, 0.3) is 22.4 Å². The molecule has 3 saturated carbocycles. The van der Waals surface area contributed by atoms with E-state index in [0.717, 1.165) is 31.7 Å². The van der Waals surface area contributed by atoms with Gasteiger partial charge in [-0.1, -0.05) is 6.07 Å². The third kappa shape index (κ3) is 6.40. The summed E-state index contributed by atoms with van der Waals surface area (Å²) in [5.74, 6) is -5.32. The van der Waals surface area contributed by atoms with Gasteiger partial charge in [-0.05, 0) is 90.9 Å². The molecule has 1 aromatic carbocycles. The van der Waals surface area contributed by atoms with Crippen LogP contribution in [0.5, 0.6) is 0 Å². The van der Waals surface area contributed by atoms with Crippen LogP contribution in [-0.2, 0) is 10.0 Å². The molecule has 45 heavy (non-hydrogen) atoms. The molecule has 0 bridgehead atoms. The number of nitrogens with one attached hydrogen (secondary N) is 2. The Labute approximate surface area is 260 Å². The van der Waals surface area contributed by atoms with E-state index in [1.54, 1.807) is 6.20 Å². The molecule has 10 nitrogen and oxygen atoms in total. The number of anilines is 2. The van der Waals surface area contributed by atoms with Gasteiger partial charge < -0.3 is 10.2 Å². The van der Waals surface area contributed by atoms with E-state index in [-0.39, 0.29) is 41.2 Å². The number of fused-ring (bicyclic) bond motifs is 2. The molecule has 14 heteroatoms. The van der Waals surface area contributed by atoms with Gasteiger partial charge in [0.15, 0.2) is 5.65 Å². The van der Waals surface area contributed by atoms with E-state index in [9.17, 15) is 22.0 Å². The normalized spacial score (nSPS) is 26.2. The molecule has 3 aliphatic rings. The molecule has 3 unspecified atom stereocenters. The van der Waals surface area contributed by atoms with Crippen LogP contribution < -0.4 is 15.6 Å². The largest absolute Gasteiger partial charge is 0.351 e. The van der Waals surface area contributed by atoms with E-state index in [4.69, 9.17) is 0 Å². The van der Waals surface area contributed by atoms with Gasteiger partial charge in [0, 0.05) is 35.5 Å². The van der Waals surface area contributed by atoms with Gasteiger partial charge in [0.05, 0.1) is 17.6 Å². The van der Waals surface area contributed by atoms with E-state index in [0.29, 0.717) is 36.0 Å². The number of hydrogen-bond donors (Lipinski definition) is 2. The summed E-state index contributed by atoms with van der Waals surface area (Å²) in [6, 6.07) is 4.22. The molecular formula is C31H40F3N7O3S. The molecule has 244 valence electrons. The molecule has 3 aromatic rings. The molecule has 0 aliphatic heterocycles. The Morgan fingerprint density at radius 3 is 2.44 bits per heavy atom. The summed E-state index contributed by atoms with van der Waals surface area (Å²) in [5.41, 5.74) is 0.132. The van der Waals surface area contributed by atoms with E-state index in [1.165, 1.54) is 16.7 Å². The number of aromatic nitrogens is 4. The van der Waals surface area contributed by atoms with Gasteiger partial charge >= 0.3 is 0 Å². The van der Waals surface area contributed by atoms with Gasteiger partial charge in [0.1, 0.15) is 17.0 Å². The minimum Gasteiger partial charge on any atom is -0.351 e. The number of halogens is 3. The van der Waals surface area contributed by atoms with Crippen molar-refractivity contribution in [1.29, 1.82) is 0 Å². The first-order chi connectivity index (χ1) is 21.2. The Hall–Kier alpha value is -3.26. The van der Waals surface area contributed by atoms with E-state index >= 15 is 4.39 Å². The fraction of sp³-hybridized carbons (Fsp3) is 0.613. The zero-order valence-corrected chi connectivity index (χ0v) is 26.7. The maximum atomic E-state index is 15.3. The quantitative estimate of drug-likeness (QED) is 0.322. The van der Waals surface area contributed by atoms with Crippen molar-refractivity contribution in [1.82, 2.24) is 24.4 Å². The second kappa shape index (κ2) is 11.8. The number of nitrogens with zero attached hydrogens (tertiary/aromatic N) is 5. The molecule has 2 N–H and O–H groups in total. The van der Waals surface area contributed by atoms with Crippen molar-refractivity contribution in [3.8, 4) is 11.3 Å². The summed E-state index contributed by atoms with van der Waals surface area (Å²) in [4.78, 5) is 29.5. The second-order valence-electron chi connectivity index (χ2n) is 13.4. The zero-order valence-electron chi connectivity index (χ0n) is 25.9. The van der Waals surface area contributed by atoms with Crippen molar-refractivity contribution >= 4 is 32.8 Å². The van der Waals surface area contributed by atoms with Crippen molar-refractivity contribution < 1.29 is 21.6 Å². The molecule has 0 saturated heterocycles. The van der Waals surface area contributed by atoms with E-state index in [2.05, 4.69) is 44.0 Å². The van der Waals surface area contributed by atoms with Crippen LogP contribution in [0.4, 0.5) is 24.8 Å². The molecule has 6 rings (SSSR count). The predicted molar refractivity (Wildman–Crippen MR) is 167 cm³/mol. The molecular weight excluding hydrogens is 607 g/mol. The van der Waals surface area contributed by atoms with Gasteiger partial charge in [-0.2, -0.15) is 4.98 Å². The SMILES string of the molecule is CC(C)n1c(=O)c(-c2ccc(NS(=O)(=O)CC3CCC4C(C3)C4(F)F)c(F)c2)nc2cnc(N[C@H]3CC[C@H](N(C)C)CC3)nc21. The molecule has 0 spiro atoms. The highest BCUT2D eigenvalue weighted by atomic mass is 32.2. The smallest absolute Gasteiger partial charge is 0.278 e. The lowest BCUT2D eigenvalue weighted by Gasteiger charge is -2.32. The summed E-state index contributed by atoms with van der Waals surface area (Å²) in [5, 5.41) is 3.41. The third-order valence-electron chi connectivity index (χ3n) is 9.71. The minimum absolute atomic E-state index is 0.0158. The lowest BCUT2D eigenvalue weighted by Crippen LogP contribution is -2.36. The first-order valence-electron chi connectivity index (χ1n) is 15.6. The van der Waals surface area contributed by atoms with Crippen LogP contribution in [0.15, 0.2) is 29.2 Å². The molecule has 3 aliphatic carbocycles. The number of rotatable bonds is 9. The first kappa shape index (κ1) is 31.7. The Morgan fingerprint density at radius 2 is 1.80 bits per heavy atom. The molecule has 0 amide bonds. The average molecular weight is 648 g/mol. The lowest BCUT2D eigenvalue weighted by molar-refractivity contribution is 0.0844. The minimum atomic E-state index is -3.99. The van der Waals surface area contributed by atoms with Gasteiger partial charge in [-0.3, -0.25) is 14.1 Å². The van der Waals surface area contributed by atoms with Crippen molar-refractivity contribution in [2.75, 3.05) is 29.9 Å². The van der Waals surface area contributed by atoms with Crippen molar-refractivity contribution in [2.24, 2.45) is 17.8 Å². The fourth-order valence-electron chi connectivity index (χ4n) is 7.14. The summed E-state index contributed by atoms with van der Waals surface area (Å²) >= 11 is 0. The predicted octanol–water partition coefficient (Wildman–Crippen LogP) is 5.28. The number of alkyl halides is 2. The van der Waals surface area contributed by atoms with Gasteiger partial charge in [-0.25, -0.2) is 31.6 Å². The summed E-state index contributed by atoms with van der Waals surface area (Å²) in [7, 11) is 0.194.